The van der Waals surface area contributed by atoms with Crippen molar-refractivity contribution in [1.29, 1.82) is 0 Å². The van der Waals surface area contributed by atoms with Gasteiger partial charge in [-0.15, -0.1) is 0 Å². The van der Waals surface area contributed by atoms with Crippen LogP contribution in [0.15, 0.2) is 23.1 Å². The lowest BCUT2D eigenvalue weighted by molar-refractivity contribution is 0.208. The lowest BCUT2D eigenvalue weighted by atomic mass is 10.1. The Balaban J connectivity index is 3.27. The standard InChI is InChI=1S/C12H19NO5S/c1-12(2,8-14)13-19(15,16)11-7-9(17-3)5-6-10(11)18-4/h5-7,13-14H,8H2,1-4H3. The Bertz CT molecular complexity index is 539. The Hall–Kier alpha value is -1.31. The zero-order valence-electron chi connectivity index (χ0n) is 11.4. The Kier molecular flexibility index (Phi) is 4.78. The molecule has 108 valence electrons. The van der Waals surface area contributed by atoms with Crippen LogP contribution in [0.4, 0.5) is 0 Å². The number of hydrogen-bond acceptors (Lipinski definition) is 5. The Morgan fingerprint density at radius 2 is 1.89 bits per heavy atom. The zero-order valence-corrected chi connectivity index (χ0v) is 12.2. The van der Waals surface area contributed by atoms with Crippen LogP contribution in [-0.4, -0.2) is 39.9 Å². The van der Waals surface area contributed by atoms with Crippen LogP contribution < -0.4 is 14.2 Å². The molecule has 0 aliphatic heterocycles. The predicted octanol–water partition coefficient (Wildman–Crippen LogP) is 0.753. The Labute approximate surface area is 113 Å². The number of ether oxygens (including phenoxy) is 2. The van der Waals surface area contributed by atoms with Gasteiger partial charge in [0.2, 0.25) is 10.0 Å². The van der Waals surface area contributed by atoms with Crippen molar-refractivity contribution < 1.29 is 23.0 Å². The molecular formula is C12H19NO5S. The van der Waals surface area contributed by atoms with Crippen molar-refractivity contribution in [2.45, 2.75) is 24.3 Å². The van der Waals surface area contributed by atoms with Gasteiger partial charge in [0.05, 0.1) is 26.4 Å². The van der Waals surface area contributed by atoms with E-state index >= 15 is 0 Å². The van der Waals surface area contributed by atoms with Gasteiger partial charge in [0.15, 0.2) is 0 Å². The molecule has 0 saturated heterocycles. The van der Waals surface area contributed by atoms with Crippen LogP contribution in [0, 0.1) is 0 Å². The minimum Gasteiger partial charge on any atom is -0.497 e. The molecule has 0 fully saturated rings. The molecule has 0 saturated carbocycles. The predicted molar refractivity (Wildman–Crippen MR) is 71.0 cm³/mol. The summed E-state index contributed by atoms with van der Waals surface area (Å²) in [6, 6.07) is 4.49. The number of rotatable bonds is 6. The van der Waals surface area contributed by atoms with Crippen LogP contribution in [0.5, 0.6) is 11.5 Å². The molecule has 1 rings (SSSR count). The third-order valence-corrected chi connectivity index (χ3v) is 4.19. The average Bonchev–Trinajstić information content (AvgIpc) is 2.36. The summed E-state index contributed by atoms with van der Waals surface area (Å²) in [5.41, 5.74) is -0.965. The number of hydrogen-bond donors (Lipinski definition) is 2. The molecule has 1 aromatic carbocycles. The maximum Gasteiger partial charge on any atom is 0.244 e. The molecule has 0 bridgehead atoms. The molecule has 19 heavy (non-hydrogen) atoms. The molecule has 0 aliphatic carbocycles. The highest BCUT2D eigenvalue weighted by atomic mass is 32.2. The van der Waals surface area contributed by atoms with E-state index in [1.165, 1.54) is 26.4 Å². The van der Waals surface area contributed by atoms with Crippen LogP contribution in [0.1, 0.15) is 13.8 Å². The first-order chi connectivity index (χ1) is 8.75. The van der Waals surface area contributed by atoms with E-state index in [9.17, 15) is 8.42 Å². The molecule has 0 atom stereocenters. The summed E-state index contributed by atoms with van der Waals surface area (Å²) in [6.07, 6.45) is 0. The summed E-state index contributed by atoms with van der Waals surface area (Å²) >= 11 is 0. The quantitative estimate of drug-likeness (QED) is 0.807. The van der Waals surface area contributed by atoms with Gasteiger partial charge in [0, 0.05) is 6.07 Å². The summed E-state index contributed by atoms with van der Waals surface area (Å²) in [5, 5.41) is 9.15. The lowest BCUT2D eigenvalue weighted by Crippen LogP contribution is -2.46. The highest BCUT2D eigenvalue weighted by Gasteiger charge is 2.28. The number of aliphatic hydroxyl groups is 1. The van der Waals surface area contributed by atoms with E-state index in [2.05, 4.69) is 4.72 Å². The molecule has 0 unspecified atom stereocenters. The van der Waals surface area contributed by atoms with Crippen molar-refractivity contribution in [1.82, 2.24) is 4.72 Å². The van der Waals surface area contributed by atoms with E-state index in [1.807, 2.05) is 0 Å². The fourth-order valence-corrected chi connectivity index (χ4v) is 3.03. The summed E-state index contributed by atoms with van der Waals surface area (Å²) in [7, 11) is -0.986. The van der Waals surface area contributed by atoms with E-state index < -0.39 is 15.6 Å². The molecule has 7 heteroatoms. The van der Waals surface area contributed by atoms with Crippen molar-refractivity contribution in [3.05, 3.63) is 18.2 Å². The molecule has 1 aromatic rings. The van der Waals surface area contributed by atoms with Gasteiger partial charge < -0.3 is 14.6 Å². The fraction of sp³-hybridized carbons (Fsp3) is 0.500. The third-order valence-electron chi connectivity index (χ3n) is 2.47. The van der Waals surface area contributed by atoms with Crippen LogP contribution in [0.2, 0.25) is 0 Å². The van der Waals surface area contributed by atoms with Gasteiger partial charge in [-0.2, -0.15) is 0 Å². The monoisotopic (exact) mass is 289 g/mol. The second kappa shape index (κ2) is 5.77. The highest BCUT2D eigenvalue weighted by molar-refractivity contribution is 7.89. The molecule has 2 N–H and O–H groups in total. The maximum atomic E-state index is 12.3. The van der Waals surface area contributed by atoms with Gasteiger partial charge in [0.25, 0.3) is 0 Å². The van der Waals surface area contributed by atoms with Crippen molar-refractivity contribution in [2.24, 2.45) is 0 Å². The first kappa shape index (κ1) is 15.7. The first-order valence-electron chi connectivity index (χ1n) is 5.62. The zero-order chi connectivity index (χ0) is 14.7. The summed E-state index contributed by atoms with van der Waals surface area (Å²) in [6.45, 7) is 2.84. The Morgan fingerprint density at radius 1 is 1.26 bits per heavy atom. The number of methoxy groups -OCH3 is 2. The molecular weight excluding hydrogens is 270 g/mol. The SMILES string of the molecule is COc1ccc(OC)c(S(=O)(=O)NC(C)(C)CO)c1. The lowest BCUT2D eigenvalue weighted by Gasteiger charge is -2.23. The Morgan fingerprint density at radius 3 is 2.37 bits per heavy atom. The largest absolute Gasteiger partial charge is 0.497 e. The molecule has 0 heterocycles. The maximum absolute atomic E-state index is 12.3. The van der Waals surface area contributed by atoms with Crippen LogP contribution in [0.3, 0.4) is 0 Å². The van der Waals surface area contributed by atoms with Crippen molar-refractivity contribution >= 4 is 10.0 Å². The van der Waals surface area contributed by atoms with Crippen LogP contribution >= 0.6 is 0 Å². The number of nitrogens with one attached hydrogen (secondary N) is 1. The van der Waals surface area contributed by atoms with E-state index in [4.69, 9.17) is 14.6 Å². The number of aliphatic hydroxyl groups excluding tert-OH is 1. The minimum atomic E-state index is -3.82. The normalized spacial score (nSPS) is 12.3. The van der Waals surface area contributed by atoms with Gasteiger partial charge in [-0.25, -0.2) is 13.1 Å². The van der Waals surface area contributed by atoms with E-state index in [-0.39, 0.29) is 17.3 Å². The summed E-state index contributed by atoms with van der Waals surface area (Å²) in [5.74, 6) is 0.616. The topological polar surface area (TPSA) is 84.9 Å². The fourth-order valence-electron chi connectivity index (χ4n) is 1.44. The van der Waals surface area contributed by atoms with E-state index in [0.717, 1.165) is 0 Å². The second-order valence-corrected chi connectivity index (χ2v) is 6.32. The molecule has 0 spiro atoms. The van der Waals surface area contributed by atoms with Crippen LogP contribution in [0.25, 0.3) is 0 Å². The van der Waals surface area contributed by atoms with E-state index in [1.54, 1.807) is 19.9 Å². The van der Waals surface area contributed by atoms with E-state index in [0.29, 0.717) is 5.75 Å². The van der Waals surface area contributed by atoms with Gasteiger partial charge in [-0.3, -0.25) is 0 Å². The van der Waals surface area contributed by atoms with Gasteiger partial charge in [0.1, 0.15) is 16.4 Å². The van der Waals surface area contributed by atoms with Crippen LogP contribution in [-0.2, 0) is 10.0 Å². The van der Waals surface area contributed by atoms with Crippen molar-refractivity contribution in [3.8, 4) is 11.5 Å². The highest BCUT2D eigenvalue weighted by Crippen LogP contribution is 2.28. The average molecular weight is 289 g/mol. The summed E-state index contributed by atoms with van der Waals surface area (Å²) in [4.78, 5) is -0.0316. The number of benzene rings is 1. The molecule has 0 amide bonds. The summed E-state index contributed by atoms with van der Waals surface area (Å²) < 4.78 is 37.1. The molecule has 0 radical (unpaired) electrons. The second-order valence-electron chi connectivity index (χ2n) is 4.66. The molecule has 0 aliphatic rings. The minimum absolute atomic E-state index is 0.0316. The van der Waals surface area contributed by atoms with Gasteiger partial charge in [-0.1, -0.05) is 0 Å². The molecule has 0 aromatic heterocycles. The smallest absolute Gasteiger partial charge is 0.244 e. The first-order valence-corrected chi connectivity index (χ1v) is 7.11. The van der Waals surface area contributed by atoms with Gasteiger partial charge >= 0.3 is 0 Å². The van der Waals surface area contributed by atoms with Crippen molar-refractivity contribution in [3.63, 3.8) is 0 Å². The number of sulfonamides is 1. The van der Waals surface area contributed by atoms with Crippen molar-refractivity contribution in [2.75, 3.05) is 20.8 Å². The van der Waals surface area contributed by atoms with Gasteiger partial charge in [-0.05, 0) is 26.0 Å². The molecule has 6 nitrogen and oxygen atoms in total. The third kappa shape index (κ3) is 3.82.